The van der Waals surface area contributed by atoms with Crippen LogP contribution in [0.15, 0.2) is 35.0 Å². The molecular formula is C24H28FN5O5. The number of nitrogens with zero attached hydrogens (tertiary/aromatic N) is 4. The molecule has 0 bridgehead atoms. The number of halogens is 1. The third-order valence-corrected chi connectivity index (χ3v) is 4.40. The average Bonchev–Trinajstić information content (AvgIpc) is 3.09. The highest BCUT2D eigenvalue weighted by Gasteiger charge is 2.34. The van der Waals surface area contributed by atoms with Crippen molar-refractivity contribution < 1.29 is 28.0 Å². The number of carbonyl (C=O) groups is 2. The van der Waals surface area contributed by atoms with Crippen LogP contribution in [0, 0.1) is 12.7 Å². The fraction of sp³-hybridized carbons (Fsp3) is 0.375. The molecule has 0 aliphatic carbocycles. The second-order valence-electron chi connectivity index (χ2n) is 9.77. The molecular weight excluding hydrogens is 457 g/mol. The van der Waals surface area contributed by atoms with E-state index in [1.165, 1.54) is 24.4 Å². The van der Waals surface area contributed by atoms with Crippen molar-refractivity contribution in [3.8, 4) is 22.6 Å². The molecule has 0 unspecified atom stereocenters. The normalized spacial score (nSPS) is 11.8. The standard InChI is InChI=1S/C24H28FN5O5/c1-13-12-14(8-9-15(13)25)18-17(19(26)35-29-18)20-27-11-10-16(28-20)30(21(31)33-23(2,3)4)22(32)34-24(5,6)7/h8-12H,26H2,1-7H3. The summed E-state index contributed by atoms with van der Waals surface area (Å²) >= 11 is 0. The Morgan fingerprint density at radius 2 is 1.63 bits per heavy atom. The molecule has 10 nitrogen and oxygen atoms in total. The quantitative estimate of drug-likeness (QED) is 0.510. The van der Waals surface area contributed by atoms with Gasteiger partial charge < -0.3 is 19.7 Å². The Balaban J connectivity index is 2.10. The zero-order chi connectivity index (χ0) is 26.1. The summed E-state index contributed by atoms with van der Waals surface area (Å²) in [4.78, 5) is 35.2. The molecule has 3 aromatic rings. The lowest BCUT2D eigenvalue weighted by molar-refractivity contribution is 0.0429. The average molecular weight is 486 g/mol. The van der Waals surface area contributed by atoms with Crippen LogP contribution in [-0.4, -0.2) is 38.5 Å². The minimum Gasteiger partial charge on any atom is -0.443 e. The van der Waals surface area contributed by atoms with Crippen LogP contribution in [0.4, 0.5) is 25.7 Å². The SMILES string of the molecule is Cc1cc(-c2noc(N)c2-c2nccc(N(C(=O)OC(C)(C)C)C(=O)OC(C)(C)C)n2)ccc1F. The van der Waals surface area contributed by atoms with Gasteiger partial charge in [0.1, 0.15) is 28.3 Å². The van der Waals surface area contributed by atoms with Gasteiger partial charge in [0.05, 0.1) is 0 Å². The number of nitrogens with two attached hydrogens (primary N) is 1. The molecule has 0 fully saturated rings. The van der Waals surface area contributed by atoms with E-state index >= 15 is 0 Å². The first kappa shape index (κ1) is 25.6. The summed E-state index contributed by atoms with van der Waals surface area (Å²) < 4.78 is 29.7. The molecule has 11 heteroatoms. The lowest BCUT2D eigenvalue weighted by atomic mass is 10.0. The van der Waals surface area contributed by atoms with Crippen LogP contribution in [0.3, 0.4) is 0 Å². The van der Waals surface area contributed by atoms with Gasteiger partial charge in [0.25, 0.3) is 0 Å². The van der Waals surface area contributed by atoms with Crippen molar-refractivity contribution in [1.29, 1.82) is 0 Å². The Morgan fingerprint density at radius 3 is 2.17 bits per heavy atom. The van der Waals surface area contributed by atoms with Crippen molar-refractivity contribution in [2.75, 3.05) is 10.6 Å². The smallest absolute Gasteiger partial charge is 0.425 e. The molecule has 2 N–H and O–H groups in total. The number of imide groups is 1. The zero-order valence-corrected chi connectivity index (χ0v) is 20.7. The Labute approximate surface area is 202 Å². The number of ether oxygens (including phenoxy) is 2. The van der Waals surface area contributed by atoms with E-state index in [9.17, 15) is 14.0 Å². The number of benzene rings is 1. The van der Waals surface area contributed by atoms with Crippen LogP contribution >= 0.6 is 0 Å². The Hall–Kier alpha value is -4.02. The lowest BCUT2D eigenvalue weighted by Gasteiger charge is -2.28. The maximum Gasteiger partial charge on any atom is 0.425 e. The van der Waals surface area contributed by atoms with Gasteiger partial charge in [-0.25, -0.2) is 23.9 Å². The van der Waals surface area contributed by atoms with Crippen LogP contribution in [-0.2, 0) is 9.47 Å². The number of anilines is 2. The highest BCUT2D eigenvalue weighted by atomic mass is 19.1. The summed E-state index contributed by atoms with van der Waals surface area (Å²) in [5.74, 6) is -0.564. The van der Waals surface area contributed by atoms with E-state index in [0.29, 0.717) is 16.0 Å². The Kier molecular flexibility index (Phi) is 6.82. The molecule has 0 saturated heterocycles. The van der Waals surface area contributed by atoms with Crippen LogP contribution in [0.25, 0.3) is 22.6 Å². The number of rotatable bonds is 3. The highest BCUT2D eigenvalue weighted by Crippen LogP contribution is 2.35. The number of hydrogen-bond donors (Lipinski definition) is 1. The molecule has 0 saturated carbocycles. The van der Waals surface area contributed by atoms with Gasteiger partial charge in [0.15, 0.2) is 11.6 Å². The number of aryl methyl sites for hydroxylation is 1. The molecule has 0 aliphatic heterocycles. The van der Waals surface area contributed by atoms with Crippen molar-refractivity contribution in [2.45, 2.75) is 59.7 Å². The summed E-state index contributed by atoms with van der Waals surface area (Å²) in [6.07, 6.45) is -0.626. The Morgan fingerprint density at radius 1 is 1.03 bits per heavy atom. The number of amides is 2. The van der Waals surface area contributed by atoms with Gasteiger partial charge in [-0.15, -0.1) is 0 Å². The van der Waals surface area contributed by atoms with Crippen LogP contribution in [0.5, 0.6) is 0 Å². The summed E-state index contributed by atoms with van der Waals surface area (Å²) in [6.45, 7) is 11.6. The predicted octanol–water partition coefficient (Wildman–Crippen LogP) is 5.50. The molecule has 0 aliphatic rings. The fourth-order valence-electron chi connectivity index (χ4n) is 2.98. The van der Waals surface area contributed by atoms with E-state index in [4.69, 9.17) is 19.7 Å². The van der Waals surface area contributed by atoms with Gasteiger partial charge in [0, 0.05) is 17.8 Å². The molecule has 35 heavy (non-hydrogen) atoms. The first-order valence-corrected chi connectivity index (χ1v) is 10.8. The van der Waals surface area contributed by atoms with Crippen LogP contribution in [0.1, 0.15) is 47.1 Å². The van der Waals surface area contributed by atoms with E-state index in [2.05, 4.69) is 15.1 Å². The van der Waals surface area contributed by atoms with Crippen molar-refractivity contribution in [1.82, 2.24) is 15.1 Å². The van der Waals surface area contributed by atoms with Gasteiger partial charge in [-0.1, -0.05) is 5.16 Å². The van der Waals surface area contributed by atoms with Gasteiger partial charge in [0.2, 0.25) is 5.88 Å². The van der Waals surface area contributed by atoms with E-state index < -0.39 is 23.4 Å². The van der Waals surface area contributed by atoms with E-state index in [0.717, 1.165) is 0 Å². The largest absolute Gasteiger partial charge is 0.443 e. The summed E-state index contributed by atoms with van der Waals surface area (Å²) in [5.41, 5.74) is 5.63. The van der Waals surface area contributed by atoms with Gasteiger partial charge in [-0.3, -0.25) is 0 Å². The van der Waals surface area contributed by atoms with Crippen molar-refractivity contribution in [3.63, 3.8) is 0 Å². The van der Waals surface area contributed by atoms with E-state index in [-0.39, 0.29) is 34.6 Å². The molecule has 2 heterocycles. The number of aromatic nitrogens is 3. The molecule has 3 rings (SSSR count). The monoisotopic (exact) mass is 485 g/mol. The van der Waals surface area contributed by atoms with Gasteiger partial charge in [-0.2, -0.15) is 4.90 Å². The van der Waals surface area contributed by atoms with Crippen molar-refractivity contribution in [3.05, 3.63) is 41.8 Å². The van der Waals surface area contributed by atoms with Crippen molar-refractivity contribution in [2.24, 2.45) is 0 Å². The summed E-state index contributed by atoms with van der Waals surface area (Å²) in [7, 11) is 0. The second kappa shape index (κ2) is 9.32. The van der Waals surface area contributed by atoms with Gasteiger partial charge in [-0.05, 0) is 72.2 Å². The number of hydrogen-bond acceptors (Lipinski definition) is 9. The third kappa shape index (κ3) is 6.11. The van der Waals surface area contributed by atoms with Gasteiger partial charge >= 0.3 is 12.2 Å². The molecule has 0 spiro atoms. The number of nitrogen functional groups attached to an aromatic ring is 1. The van der Waals surface area contributed by atoms with Crippen LogP contribution < -0.4 is 10.6 Å². The maximum absolute atomic E-state index is 13.8. The minimum atomic E-state index is -0.982. The maximum atomic E-state index is 13.8. The predicted molar refractivity (Wildman–Crippen MR) is 127 cm³/mol. The first-order valence-electron chi connectivity index (χ1n) is 10.8. The molecule has 186 valence electrons. The molecule has 0 radical (unpaired) electrons. The van der Waals surface area contributed by atoms with E-state index in [1.807, 2.05) is 0 Å². The van der Waals surface area contributed by atoms with E-state index in [1.54, 1.807) is 54.5 Å². The van der Waals surface area contributed by atoms with Crippen molar-refractivity contribution >= 4 is 23.9 Å². The fourth-order valence-corrected chi connectivity index (χ4v) is 2.98. The molecule has 0 atom stereocenters. The second-order valence-corrected chi connectivity index (χ2v) is 9.77. The summed E-state index contributed by atoms with van der Waals surface area (Å²) in [5, 5.41) is 3.98. The summed E-state index contributed by atoms with van der Waals surface area (Å²) in [6, 6.07) is 5.74. The molecule has 2 aromatic heterocycles. The topological polar surface area (TPSA) is 134 Å². The minimum absolute atomic E-state index is 0.0235. The molecule has 2 amide bonds. The zero-order valence-electron chi connectivity index (χ0n) is 20.7. The first-order chi connectivity index (χ1) is 16.2. The lowest BCUT2D eigenvalue weighted by Crippen LogP contribution is -2.44. The highest BCUT2D eigenvalue weighted by molar-refractivity contribution is 6.08. The number of carbonyl (C=O) groups excluding carboxylic acids is 2. The molecule has 1 aromatic carbocycles. The Bertz CT molecular complexity index is 1230. The van der Waals surface area contributed by atoms with Crippen LogP contribution in [0.2, 0.25) is 0 Å². The third-order valence-electron chi connectivity index (χ3n) is 4.40.